The van der Waals surface area contributed by atoms with Gasteiger partial charge in [-0.05, 0) is 103 Å². The summed E-state index contributed by atoms with van der Waals surface area (Å²) in [5.74, 6) is 0. The zero-order valence-corrected chi connectivity index (χ0v) is 27.4. The van der Waals surface area contributed by atoms with E-state index in [4.69, 9.17) is 0 Å². The van der Waals surface area contributed by atoms with E-state index >= 15 is 0 Å². The number of para-hydroxylation sites is 4. The normalized spacial score (nSPS) is 10.6. The average Bonchev–Trinajstić information content (AvgIpc) is 3.09. The van der Waals surface area contributed by atoms with E-state index in [2.05, 4.69) is 80.5 Å². The molecule has 0 bridgehead atoms. The zero-order valence-electron chi connectivity index (χ0n) is 27.4. The van der Waals surface area contributed by atoms with Crippen LogP contribution in [0, 0.1) is 27.7 Å². The van der Waals surface area contributed by atoms with Crippen LogP contribution in [0.2, 0.25) is 0 Å². The van der Waals surface area contributed by atoms with Crippen molar-refractivity contribution >= 4 is 51.6 Å². The molecular formula is C43H38N4. The molecular weight excluding hydrogens is 573 g/mol. The van der Waals surface area contributed by atoms with Gasteiger partial charge in [0.05, 0.1) is 22.7 Å². The fraction of sp³-hybridized carbons (Fsp3) is 0.116. The number of benzene rings is 6. The lowest BCUT2D eigenvalue weighted by molar-refractivity contribution is 1.29. The summed E-state index contributed by atoms with van der Waals surface area (Å²) in [7, 11) is 0. The van der Waals surface area contributed by atoms with Gasteiger partial charge in [-0.15, -0.1) is 0 Å². The van der Waals surface area contributed by atoms with Gasteiger partial charge in [-0.2, -0.15) is 20.0 Å². The molecule has 0 aromatic heterocycles. The van der Waals surface area contributed by atoms with E-state index < -0.39 is 0 Å². The van der Waals surface area contributed by atoms with E-state index in [1.165, 1.54) is 21.9 Å². The molecule has 0 unspecified atom stereocenters. The predicted octanol–water partition coefficient (Wildman–Crippen LogP) is 12.3. The summed E-state index contributed by atoms with van der Waals surface area (Å²) in [6.45, 7) is 8.09. The van der Waals surface area contributed by atoms with Crippen molar-refractivity contribution in [2.24, 2.45) is 20.0 Å². The molecule has 0 atom stereocenters. The van der Waals surface area contributed by atoms with Gasteiger partial charge >= 0.3 is 0 Å². The molecule has 0 spiro atoms. The van der Waals surface area contributed by atoms with Crippen molar-refractivity contribution in [3.8, 4) is 0 Å². The average molecular weight is 611 g/mol. The molecule has 230 valence electrons. The Morgan fingerprint density at radius 1 is 0.426 bits per heavy atom. The minimum atomic E-state index is 0.907. The minimum Gasteiger partial charge on any atom is -0.187 e. The van der Waals surface area contributed by atoms with Gasteiger partial charge in [0.25, 0.3) is 0 Å². The molecule has 0 aliphatic heterocycles. The first-order chi connectivity index (χ1) is 23.0. The summed E-state index contributed by atoms with van der Waals surface area (Å²) in [4.78, 5) is 16.9. The van der Waals surface area contributed by atoms with E-state index in [0.717, 1.165) is 51.4 Å². The van der Waals surface area contributed by atoms with Gasteiger partial charge in [0.1, 0.15) is 12.0 Å². The van der Waals surface area contributed by atoms with Crippen LogP contribution in [0.1, 0.15) is 33.4 Å². The lowest BCUT2D eigenvalue weighted by atomic mass is 9.93. The highest BCUT2D eigenvalue weighted by Gasteiger charge is 2.06. The third-order valence-electron chi connectivity index (χ3n) is 7.80. The number of rotatable bonds is 4. The number of allylic oxidation sites excluding steroid dienone is 1. The van der Waals surface area contributed by atoms with Crippen molar-refractivity contribution in [3.63, 3.8) is 0 Å². The molecule has 4 nitrogen and oxygen atoms in total. The van der Waals surface area contributed by atoms with Crippen LogP contribution in [0.3, 0.4) is 0 Å². The highest BCUT2D eigenvalue weighted by atomic mass is 14.8. The molecule has 0 N–H and O–H groups in total. The summed E-state index contributed by atoms with van der Waals surface area (Å²) in [6.07, 6.45) is 5.53. The van der Waals surface area contributed by atoms with Crippen molar-refractivity contribution in [1.82, 2.24) is 0 Å². The third-order valence-corrected chi connectivity index (χ3v) is 7.80. The van der Waals surface area contributed by atoms with Crippen molar-refractivity contribution in [1.29, 1.82) is 0 Å². The minimum absolute atomic E-state index is 0.907. The standard InChI is InChI=1S/2C15H14N2.C13H10/c2*1-12-7-3-5-9-14(12)16-11-17-15-10-6-4-8-13(15)2;1-4-10-6-2-8-12-9-3-7-11(5-1)13(10)12/h2*3-10H,1-2H3;1-8H,9H2. The van der Waals surface area contributed by atoms with Gasteiger partial charge in [0.2, 0.25) is 0 Å². The first-order valence-electron chi connectivity index (χ1n) is 15.7. The Labute approximate surface area is 278 Å². The quantitative estimate of drug-likeness (QED) is 0.178. The molecule has 0 fully saturated rings. The van der Waals surface area contributed by atoms with Gasteiger partial charge in [0.15, 0.2) is 0 Å². The van der Waals surface area contributed by atoms with E-state index in [9.17, 15) is 0 Å². The van der Waals surface area contributed by atoms with Crippen molar-refractivity contribution < 1.29 is 0 Å². The van der Waals surface area contributed by atoms with Gasteiger partial charge in [-0.25, -0.2) is 0 Å². The van der Waals surface area contributed by atoms with Crippen LogP contribution in [0.4, 0.5) is 22.7 Å². The maximum atomic E-state index is 4.23. The number of nitrogens with zero attached hydrogens (tertiary/aromatic N) is 4. The molecule has 0 radical (unpaired) electrons. The number of aliphatic imine (C=N–C) groups is 4. The molecule has 47 heavy (non-hydrogen) atoms. The Kier molecular flexibility index (Phi) is 11.3. The number of hydrogen-bond acceptors (Lipinski definition) is 4. The lowest BCUT2D eigenvalue weighted by Gasteiger charge is -2.11. The topological polar surface area (TPSA) is 49.4 Å². The fourth-order valence-corrected chi connectivity index (χ4v) is 5.09. The molecule has 6 aromatic rings. The molecule has 0 amide bonds. The summed E-state index contributed by atoms with van der Waals surface area (Å²) in [6, 6.07) is 50.2. The van der Waals surface area contributed by atoms with Gasteiger partial charge in [0, 0.05) is 0 Å². The Morgan fingerprint density at radius 2 is 0.809 bits per heavy atom. The third kappa shape index (κ3) is 9.06. The summed E-state index contributed by atoms with van der Waals surface area (Å²) in [5, 5.41) is 2.80. The lowest BCUT2D eigenvalue weighted by Crippen LogP contribution is -1.91. The molecule has 4 heteroatoms. The van der Waals surface area contributed by atoms with Crippen LogP contribution in [-0.4, -0.2) is 12.0 Å². The first kappa shape index (κ1) is 32.5. The smallest absolute Gasteiger partial charge is 0.100 e. The van der Waals surface area contributed by atoms with Gasteiger partial charge < -0.3 is 0 Å². The number of hydrogen-bond donors (Lipinski definition) is 0. The van der Waals surface area contributed by atoms with Crippen molar-refractivity contribution in [3.05, 3.63) is 173 Å². The molecule has 1 aliphatic rings. The molecule has 0 saturated heterocycles. The van der Waals surface area contributed by atoms with E-state index in [-0.39, 0.29) is 0 Å². The fourth-order valence-electron chi connectivity index (χ4n) is 5.09. The SMILES string of the molecule is C1=Cc2cccc3cccc(c23)C1.Cc1ccccc1N=C=Nc1ccccc1C.Cc1ccccc1N=C=Nc1ccccc1C. The summed E-state index contributed by atoms with van der Waals surface area (Å²) >= 11 is 0. The second-order valence-corrected chi connectivity index (χ2v) is 11.3. The molecule has 0 heterocycles. The largest absolute Gasteiger partial charge is 0.187 e. The van der Waals surface area contributed by atoms with E-state index in [1.807, 2.05) is 125 Å². The van der Waals surface area contributed by atoms with Crippen LogP contribution in [0.5, 0.6) is 0 Å². The maximum Gasteiger partial charge on any atom is 0.100 e. The van der Waals surface area contributed by atoms with Crippen LogP contribution in [0.15, 0.2) is 160 Å². The zero-order chi connectivity index (χ0) is 32.8. The van der Waals surface area contributed by atoms with Gasteiger partial charge in [-0.1, -0.05) is 121 Å². The maximum absolute atomic E-state index is 4.23. The van der Waals surface area contributed by atoms with Crippen LogP contribution >= 0.6 is 0 Å². The van der Waals surface area contributed by atoms with E-state index in [1.54, 1.807) is 0 Å². The monoisotopic (exact) mass is 610 g/mol. The Balaban J connectivity index is 0.000000139. The first-order valence-corrected chi connectivity index (χ1v) is 15.7. The second kappa shape index (κ2) is 16.4. The summed E-state index contributed by atoms with van der Waals surface area (Å²) in [5.41, 5.74) is 10.9. The number of aryl methyl sites for hydroxylation is 4. The molecule has 7 rings (SSSR count). The second-order valence-electron chi connectivity index (χ2n) is 11.3. The van der Waals surface area contributed by atoms with Crippen molar-refractivity contribution in [2.45, 2.75) is 34.1 Å². The van der Waals surface area contributed by atoms with Crippen LogP contribution < -0.4 is 0 Å². The predicted molar refractivity (Wildman–Crippen MR) is 200 cm³/mol. The molecule has 1 aliphatic carbocycles. The van der Waals surface area contributed by atoms with Crippen molar-refractivity contribution in [2.75, 3.05) is 0 Å². The Morgan fingerprint density at radius 3 is 1.21 bits per heavy atom. The van der Waals surface area contributed by atoms with Crippen LogP contribution in [0.25, 0.3) is 16.8 Å². The highest BCUT2D eigenvalue weighted by molar-refractivity contribution is 5.94. The molecule has 6 aromatic carbocycles. The molecule has 0 saturated carbocycles. The van der Waals surface area contributed by atoms with Crippen LogP contribution in [-0.2, 0) is 6.42 Å². The highest BCUT2D eigenvalue weighted by Crippen LogP contribution is 2.28. The van der Waals surface area contributed by atoms with E-state index in [0.29, 0.717) is 0 Å². The Bertz CT molecular complexity index is 1930. The van der Waals surface area contributed by atoms with Gasteiger partial charge in [-0.3, -0.25) is 0 Å². The summed E-state index contributed by atoms with van der Waals surface area (Å²) < 4.78 is 0. The Hall–Kier alpha value is -5.92.